The highest BCUT2D eigenvalue weighted by atomic mass is 16.5. The predicted molar refractivity (Wildman–Crippen MR) is 90.7 cm³/mol. The van der Waals surface area contributed by atoms with Gasteiger partial charge in [0.2, 0.25) is 0 Å². The molecule has 0 fully saturated rings. The molecule has 1 aromatic rings. The van der Waals surface area contributed by atoms with Gasteiger partial charge in [-0.3, -0.25) is 9.59 Å². The van der Waals surface area contributed by atoms with Crippen LogP contribution in [-0.4, -0.2) is 36.7 Å². The van der Waals surface area contributed by atoms with Gasteiger partial charge in [0, 0.05) is 17.1 Å². The molecule has 0 spiro atoms. The van der Waals surface area contributed by atoms with E-state index in [1.165, 1.54) is 0 Å². The van der Waals surface area contributed by atoms with Crippen molar-refractivity contribution < 1.29 is 28.7 Å². The Morgan fingerprint density at radius 1 is 0.840 bits per heavy atom. The van der Waals surface area contributed by atoms with Crippen molar-refractivity contribution in [2.24, 2.45) is 0 Å². The van der Waals surface area contributed by atoms with Crippen LogP contribution in [0, 0.1) is 0 Å². The van der Waals surface area contributed by atoms with Crippen LogP contribution in [0.15, 0.2) is 54.6 Å². The molecule has 25 heavy (non-hydrogen) atoms. The van der Waals surface area contributed by atoms with Gasteiger partial charge >= 0.3 is 11.9 Å². The lowest BCUT2D eigenvalue weighted by atomic mass is 9.82. The lowest BCUT2D eigenvalue weighted by Gasteiger charge is -2.20. The summed E-state index contributed by atoms with van der Waals surface area (Å²) in [5.74, 6) is -5.15. The standard InChI is InChI=1S/C19H20O6/c1-5-24-18(22)16(20)12(3)15(14-10-8-7-9-11-14)13(4)17(21)19(23)25-6-2/h7-11,15H,3-6H2,1-2H3. The molecule has 0 atom stereocenters. The highest BCUT2D eigenvalue weighted by molar-refractivity contribution is 6.43. The molecule has 0 aliphatic rings. The molecule has 132 valence electrons. The van der Waals surface area contributed by atoms with Crippen molar-refractivity contribution in [2.75, 3.05) is 13.2 Å². The normalized spacial score (nSPS) is 10.0. The molecule has 6 heteroatoms. The highest BCUT2D eigenvalue weighted by Gasteiger charge is 2.33. The van der Waals surface area contributed by atoms with Crippen LogP contribution in [0.4, 0.5) is 0 Å². The number of ketones is 2. The van der Waals surface area contributed by atoms with E-state index in [-0.39, 0.29) is 24.4 Å². The zero-order valence-corrected chi connectivity index (χ0v) is 14.2. The van der Waals surface area contributed by atoms with Gasteiger partial charge < -0.3 is 9.47 Å². The summed E-state index contributed by atoms with van der Waals surface area (Å²) in [5.41, 5.74) is 0.0902. The average Bonchev–Trinajstić information content (AvgIpc) is 2.61. The molecule has 6 nitrogen and oxygen atoms in total. The molecule has 0 heterocycles. The van der Waals surface area contributed by atoms with Crippen LogP contribution < -0.4 is 0 Å². The van der Waals surface area contributed by atoms with Crippen LogP contribution >= 0.6 is 0 Å². The van der Waals surface area contributed by atoms with Crippen molar-refractivity contribution in [3.05, 3.63) is 60.2 Å². The van der Waals surface area contributed by atoms with E-state index in [1.807, 2.05) is 0 Å². The van der Waals surface area contributed by atoms with Crippen molar-refractivity contribution in [3.63, 3.8) is 0 Å². The van der Waals surface area contributed by atoms with Gasteiger partial charge in [-0.15, -0.1) is 0 Å². The molecule has 0 radical (unpaired) electrons. The number of carbonyl (C=O) groups excluding carboxylic acids is 4. The van der Waals surface area contributed by atoms with E-state index in [0.29, 0.717) is 5.56 Å². The first-order valence-electron chi connectivity index (χ1n) is 7.70. The predicted octanol–water partition coefficient (Wildman–Crippen LogP) is 2.15. The van der Waals surface area contributed by atoms with Crippen molar-refractivity contribution in [3.8, 4) is 0 Å². The molecular formula is C19H20O6. The molecule has 0 bridgehead atoms. The molecule has 0 amide bonds. The molecule has 1 rings (SSSR count). The third kappa shape index (κ3) is 4.97. The summed E-state index contributed by atoms with van der Waals surface area (Å²) in [7, 11) is 0. The van der Waals surface area contributed by atoms with Gasteiger partial charge in [0.15, 0.2) is 0 Å². The third-order valence-electron chi connectivity index (χ3n) is 3.33. The number of carbonyl (C=O) groups is 4. The van der Waals surface area contributed by atoms with E-state index in [4.69, 9.17) is 0 Å². The van der Waals surface area contributed by atoms with E-state index >= 15 is 0 Å². The first-order valence-corrected chi connectivity index (χ1v) is 7.70. The average molecular weight is 344 g/mol. The summed E-state index contributed by atoms with van der Waals surface area (Å²) in [6.07, 6.45) is 0. The van der Waals surface area contributed by atoms with Gasteiger partial charge in [0.1, 0.15) is 0 Å². The number of Topliss-reactive ketones (excluding diaryl/α,β-unsaturated/α-hetero) is 2. The minimum atomic E-state index is -1.08. The van der Waals surface area contributed by atoms with Crippen LogP contribution in [0.3, 0.4) is 0 Å². The summed E-state index contributed by atoms with van der Waals surface area (Å²) >= 11 is 0. The number of benzene rings is 1. The molecule has 1 aromatic carbocycles. The fraction of sp³-hybridized carbons (Fsp3) is 0.263. The molecule has 0 aliphatic carbocycles. The van der Waals surface area contributed by atoms with Gasteiger partial charge in [-0.1, -0.05) is 43.5 Å². The van der Waals surface area contributed by atoms with Gasteiger partial charge in [-0.25, -0.2) is 9.59 Å². The molecular weight excluding hydrogens is 324 g/mol. The quantitative estimate of drug-likeness (QED) is 0.387. The summed E-state index contributed by atoms with van der Waals surface area (Å²) in [5, 5.41) is 0. The van der Waals surface area contributed by atoms with Crippen LogP contribution in [0.25, 0.3) is 0 Å². The van der Waals surface area contributed by atoms with Gasteiger partial charge in [-0.2, -0.15) is 0 Å². The Hall–Kier alpha value is -3.02. The fourth-order valence-electron chi connectivity index (χ4n) is 2.18. The zero-order chi connectivity index (χ0) is 19.0. The van der Waals surface area contributed by atoms with Crippen LogP contribution in [0.2, 0.25) is 0 Å². The number of rotatable bonds is 9. The Kier molecular flexibility index (Phi) is 7.46. The molecule has 0 unspecified atom stereocenters. The Bertz CT molecular complexity index is 660. The maximum absolute atomic E-state index is 12.2. The maximum atomic E-state index is 12.2. The highest BCUT2D eigenvalue weighted by Crippen LogP contribution is 2.31. The summed E-state index contributed by atoms with van der Waals surface area (Å²) < 4.78 is 9.36. The summed E-state index contributed by atoms with van der Waals surface area (Å²) in [6, 6.07) is 8.39. The Morgan fingerprint density at radius 2 is 1.24 bits per heavy atom. The van der Waals surface area contributed by atoms with E-state index in [1.54, 1.807) is 44.2 Å². The van der Waals surface area contributed by atoms with Crippen molar-refractivity contribution in [1.29, 1.82) is 0 Å². The van der Waals surface area contributed by atoms with Gasteiger partial charge in [0.25, 0.3) is 11.6 Å². The maximum Gasteiger partial charge on any atom is 0.379 e. The number of esters is 2. The minimum Gasteiger partial charge on any atom is -0.460 e. The number of hydrogen-bond acceptors (Lipinski definition) is 6. The van der Waals surface area contributed by atoms with Crippen molar-refractivity contribution in [2.45, 2.75) is 19.8 Å². The van der Waals surface area contributed by atoms with Crippen molar-refractivity contribution >= 4 is 23.5 Å². The van der Waals surface area contributed by atoms with E-state index in [2.05, 4.69) is 22.6 Å². The van der Waals surface area contributed by atoms with E-state index in [0.717, 1.165) is 0 Å². The molecule has 0 N–H and O–H groups in total. The lowest BCUT2D eigenvalue weighted by Crippen LogP contribution is -2.27. The second-order valence-corrected chi connectivity index (χ2v) is 4.99. The largest absolute Gasteiger partial charge is 0.460 e. The fourth-order valence-corrected chi connectivity index (χ4v) is 2.18. The summed E-state index contributed by atoms with van der Waals surface area (Å²) in [6.45, 7) is 10.4. The molecule has 0 aromatic heterocycles. The van der Waals surface area contributed by atoms with Gasteiger partial charge in [-0.05, 0) is 19.4 Å². The molecule has 0 saturated carbocycles. The molecule has 0 saturated heterocycles. The zero-order valence-electron chi connectivity index (χ0n) is 14.2. The van der Waals surface area contributed by atoms with Gasteiger partial charge in [0.05, 0.1) is 13.2 Å². The summed E-state index contributed by atoms with van der Waals surface area (Å²) in [4.78, 5) is 47.9. The SMILES string of the molecule is C=C(C(=O)C(=O)OCC)C(C(=C)C(=O)C(=O)OCC)c1ccccc1. The van der Waals surface area contributed by atoms with Crippen molar-refractivity contribution in [1.82, 2.24) is 0 Å². The van der Waals surface area contributed by atoms with Crippen LogP contribution in [0.5, 0.6) is 0 Å². The smallest absolute Gasteiger partial charge is 0.379 e. The second-order valence-electron chi connectivity index (χ2n) is 4.99. The Balaban J connectivity index is 3.22. The molecule has 0 aliphatic heterocycles. The monoisotopic (exact) mass is 344 g/mol. The number of hydrogen-bond donors (Lipinski definition) is 0. The Morgan fingerprint density at radius 3 is 1.60 bits per heavy atom. The Labute approximate surface area is 146 Å². The van der Waals surface area contributed by atoms with Crippen LogP contribution in [0.1, 0.15) is 25.3 Å². The first-order chi connectivity index (χ1) is 11.8. The number of ether oxygens (including phenoxy) is 2. The third-order valence-corrected chi connectivity index (χ3v) is 3.33. The van der Waals surface area contributed by atoms with E-state index in [9.17, 15) is 19.2 Å². The minimum absolute atomic E-state index is 0.0244. The van der Waals surface area contributed by atoms with E-state index < -0.39 is 29.4 Å². The van der Waals surface area contributed by atoms with Crippen LogP contribution in [-0.2, 0) is 28.7 Å². The lowest BCUT2D eigenvalue weighted by molar-refractivity contribution is -0.152. The second kappa shape index (κ2) is 9.32. The topological polar surface area (TPSA) is 86.7 Å². The first kappa shape index (κ1) is 20.0.